The molecule has 181 valence electrons. The van der Waals surface area contributed by atoms with Gasteiger partial charge in [0.2, 0.25) is 0 Å². The highest BCUT2D eigenvalue weighted by atomic mass is 14.1. The second-order valence-electron chi connectivity index (χ2n) is 10.2. The zero-order chi connectivity index (χ0) is 22.0. The third-order valence-corrected chi connectivity index (χ3v) is 7.09. The van der Waals surface area contributed by atoms with E-state index in [2.05, 4.69) is 20.8 Å². The van der Waals surface area contributed by atoms with Gasteiger partial charge in [0.05, 0.1) is 0 Å². The maximum Gasteiger partial charge on any atom is -0.0414 e. The zero-order valence-electron chi connectivity index (χ0n) is 21.7. The van der Waals surface area contributed by atoms with Crippen LogP contribution in [0.15, 0.2) is 0 Å². The van der Waals surface area contributed by atoms with Crippen LogP contribution in [-0.2, 0) is 0 Å². The van der Waals surface area contributed by atoms with E-state index in [4.69, 9.17) is 0 Å². The molecular formula is C30H61. The molecule has 0 saturated heterocycles. The highest BCUT2D eigenvalue weighted by Crippen LogP contribution is 2.21. The molecule has 0 aromatic rings. The summed E-state index contributed by atoms with van der Waals surface area (Å²) in [5.41, 5.74) is 0. The van der Waals surface area contributed by atoms with E-state index in [0.717, 1.165) is 12.3 Å². The molecule has 0 aliphatic rings. The first-order valence-corrected chi connectivity index (χ1v) is 14.6. The molecule has 0 saturated carbocycles. The van der Waals surface area contributed by atoms with Crippen molar-refractivity contribution in [1.29, 1.82) is 0 Å². The van der Waals surface area contributed by atoms with Crippen LogP contribution in [0.1, 0.15) is 181 Å². The first-order chi connectivity index (χ1) is 14.8. The summed E-state index contributed by atoms with van der Waals surface area (Å²) in [6.45, 7) is 8.79. The molecule has 0 amide bonds. The molecule has 0 spiro atoms. The number of rotatable bonds is 26. The molecule has 1 unspecified atom stereocenters. The van der Waals surface area contributed by atoms with Gasteiger partial charge >= 0.3 is 0 Å². The van der Waals surface area contributed by atoms with Gasteiger partial charge in [-0.3, -0.25) is 0 Å². The van der Waals surface area contributed by atoms with Crippen molar-refractivity contribution in [2.45, 2.75) is 181 Å². The monoisotopic (exact) mass is 421 g/mol. The molecule has 0 bridgehead atoms. The van der Waals surface area contributed by atoms with Crippen molar-refractivity contribution in [2.75, 3.05) is 0 Å². The Balaban J connectivity index is 3.15. The summed E-state index contributed by atoms with van der Waals surface area (Å²) in [5, 5.41) is 0. The standard InChI is InChI=1S/C30H61/c1-4-7-9-11-12-13-14-15-16-17-18-19-20-21-22-23-24-25-27-29-30(6-3)28-26-10-8-5-2/h30H,3-29H2,1-2H3. The van der Waals surface area contributed by atoms with Crippen LogP contribution in [-0.4, -0.2) is 0 Å². The summed E-state index contributed by atoms with van der Waals surface area (Å²) in [4.78, 5) is 0. The lowest BCUT2D eigenvalue weighted by Gasteiger charge is -2.14. The van der Waals surface area contributed by atoms with Crippen LogP contribution in [0.25, 0.3) is 0 Å². The maximum atomic E-state index is 4.19. The molecule has 0 heterocycles. The predicted molar refractivity (Wildman–Crippen MR) is 140 cm³/mol. The Bertz CT molecular complexity index is 282. The largest absolute Gasteiger partial charge is 0.0654 e. The van der Waals surface area contributed by atoms with Gasteiger partial charge in [-0.2, -0.15) is 0 Å². The fraction of sp³-hybridized carbons (Fsp3) is 0.967. The van der Waals surface area contributed by atoms with Crippen molar-refractivity contribution in [3.05, 3.63) is 6.92 Å². The Labute approximate surface area is 193 Å². The lowest BCUT2D eigenvalue weighted by molar-refractivity contribution is 0.406. The summed E-state index contributed by atoms with van der Waals surface area (Å²) in [7, 11) is 0. The molecule has 0 fully saturated rings. The van der Waals surface area contributed by atoms with Gasteiger partial charge in [-0.25, -0.2) is 0 Å². The first kappa shape index (κ1) is 30.0. The number of hydrogen-bond acceptors (Lipinski definition) is 0. The van der Waals surface area contributed by atoms with Gasteiger partial charge in [0.15, 0.2) is 0 Å². The lowest BCUT2D eigenvalue weighted by Crippen LogP contribution is -1.99. The zero-order valence-corrected chi connectivity index (χ0v) is 21.7. The molecule has 0 aromatic heterocycles. The Morgan fingerprint density at radius 3 is 0.867 bits per heavy atom. The Morgan fingerprint density at radius 1 is 0.367 bits per heavy atom. The van der Waals surface area contributed by atoms with E-state index < -0.39 is 0 Å². The average Bonchev–Trinajstić information content (AvgIpc) is 2.76. The lowest BCUT2D eigenvalue weighted by atomic mass is 9.92. The molecule has 30 heavy (non-hydrogen) atoms. The maximum absolute atomic E-state index is 4.19. The molecule has 0 aliphatic carbocycles. The number of hydrogen-bond donors (Lipinski definition) is 0. The molecule has 1 radical (unpaired) electrons. The third kappa shape index (κ3) is 24.3. The molecule has 0 rings (SSSR count). The van der Waals surface area contributed by atoms with Crippen molar-refractivity contribution in [2.24, 2.45) is 5.92 Å². The minimum Gasteiger partial charge on any atom is -0.0654 e. The Kier molecular flexibility index (Phi) is 27.0. The summed E-state index contributed by atoms with van der Waals surface area (Å²) >= 11 is 0. The smallest absolute Gasteiger partial charge is 0.0414 e. The normalized spacial score (nSPS) is 12.5. The quantitative estimate of drug-likeness (QED) is 0.122. The molecule has 0 N–H and O–H groups in total. The van der Waals surface area contributed by atoms with E-state index in [9.17, 15) is 0 Å². The van der Waals surface area contributed by atoms with Crippen LogP contribution < -0.4 is 0 Å². The predicted octanol–water partition coefficient (Wildman–Crippen LogP) is 11.6. The molecule has 0 aromatic carbocycles. The van der Waals surface area contributed by atoms with Crippen molar-refractivity contribution in [3.63, 3.8) is 0 Å². The van der Waals surface area contributed by atoms with E-state index in [1.54, 1.807) is 0 Å². The molecule has 1 atom stereocenters. The van der Waals surface area contributed by atoms with E-state index in [-0.39, 0.29) is 0 Å². The topological polar surface area (TPSA) is 0 Å². The van der Waals surface area contributed by atoms with Crippen LogP contribution >= 0.6 is 0 Å². The summed E-state index contributed by atoms with van der Waals surface area (Å²) in [6, 6.07) is 0. The fourth-order valence-corrected chi connectivity index (χ4v) is 4.80. The summed E-state index contributed by atoms with van der Waals surface area (Å²) in [5.74, 6) is 0.910. The van der Waals surface area contributed by atoms with Crippen molar-refractivity contribution >= 4 is 0 Å². The van der Waals surface area contributed by atoms with Gasteiger partial charge in [0, 0.05) is 0 Å². The van der Waals surface area contributed by atoms with E-state index in [1.807, 2.05) is 0 Å². The van der Waals surface area contributed by atoms with Crippen molar-refractivity contribution < 1.29 is 0 Å². The second kappa shape index (κ2) is 27.0. The summed E-state index contributed by atoms with van der Waals surface area (Å²) in [6.07, 6.45) is 37.6. The Hall–Kier alpha value is 0. The minimum atomic E-state index is 0.910. The first-order valence-electron chi connectivity index (χ1n) is 14.6. The van der Waals surface area contributed by atoms with Gasteiger partial charge in [-0.15, -0.1) is 0 Å². The summed E-state index contributed by atoms with van der Waals surface area (Å²) < 4.78 is 0. The van der Waals surface area contributed by atoms with Gasteiger partial charge in [0.1, 0.15) is 0 Å². The number of unbranched alkanes of at least 4 members (excludes halogenated alkanes) is 21. The molecule has 0 aliphatic heterocycles. The van der Waals surface area contributed by atoms with Gasteiger partial charge in [-0.05, 0) is 5.92 Å². The van der Waals surface area contributed by atoms with E-state index in [1.165, 1.54) is 161 Å². The van der Waals surface area contributed by atoms with Crippen molar-refractivity contribution in [3.8, 4) is 0 Å². The highest BCUT2D eigenvalue weighted by Gasteiger charge is 2.05. The average molecular weight is 422 g/mol. The van der Waals surface area contributed by atoms with Crippen LogP contribution in [0.2, 0.25) is 0 Å². The van der Waals surface area contributed by atoms with Crippen LogP contribution in [0.4, 0.5) is 0 Å². The minimum absolute atomic E-state index is 0.910. The van der Waals surface area contributed by atoms with Crippen LogP contribution in [0, 0.1) is 12.8 Å². The highest BCUT2D eigenvalue weighted by molar-refractivity contribution is 4.62. The molecule has 0 heteroatoms. The molecular weight excluding hydrogens is 360 g/mol. The van der Waals surface area contributed by atoms with Gasteiger partial charge in [-0.1, -0.05) is 188 Å². The van der Waals surface area contributed by atoms with Crippen LogP contribution in [0.5, 0.6) is 0 Å². The second-order valence-corrected chi connectivity index (χ2v) is 10.2. The van der Waals surface area contributed by atoms with Gasteiger partial charge < -0.3 is 0 Å². The third-order valence-electron chi connectivity index (χ3n) is 7.09. The van der Waals surface area contributed by atoms with Gasteiger partial charge in [0.25, 0.3) is 0 Å². The fourth-order valence-electron chi connectivity index (χ4n) is 4.80. The molecule has 0 nitrogen and oxygen atoms in total. The van der Waals surface area contributed by atoms with Crippen LogP contribution in [0.3, 0.4) is 0 Å². The van der Waals surface area contributed by atoms with E-state index in [0.29, 0.717) is 0 Å². The Morgan fingerprint density at radius 2 is 0.600 bits per heavy atom. The van der Waals surface area contributed by atoms with Crippen molar-refractivity contribution in [1.82, 2.24) is 0 Å². The SMILES string of the molecule is [CH2]CC(CCCCCC)CCCCCCCCCCCCCCCCCCCCC. The van der Waals surface area contributed by atoms with E-state index >= 15 is 0 Å².